The standard InChI is InChI=1S/C22H18F4N4O/c23-15-2-1-10-28-19(15)13-7-11-29-18(12-5-8-22(25,26)9-6-12)17(13)20-14(21(27)31)3-4-16(24)30-20/h1-4,7,10-12H,5-6,8-9H2,(H2,27,31). The van der Waals surface area contributed by atoms with Crippen LogP contribution in [0, 0.1) is 11.8 Å². The number of amides is 1. The third-order valence-corrected chi connectivity index (χ3v) is 5.46. The van der Waals surface area contributed by atoms with E-state index >= 15 is 0 Å². The fraction of sp³-hybridized carbons (Fsp3) is 0.273. The predicted octanol–water partition coefficient (Wildman–Crippen LogP) is 4.88. The van der Waals surface area contributed by atoms with Gasteiger partial charge in [0.2, 0.25) is 11.9 Å². The van der Waals surface area contributed by atoms with E-state index in [1.54, 1.807) is 0 Å². The van der Waals surface area contributed by atoms with Gasteiger partial charge in [-0.15, -0.1) is 0 Å². The number of pyridine rings is 3. The first-order valence-corrected chi connectivity index (χ1v) is 9.71. The number of primary amides is 1. The van der Waals surface area contributed by atoms with Crippen molar-refractivity contribution in [1.82, 2.24) is 15.0 Å². The number of nitrogens with two attached hydrogens (primary N) is 1. The number of rotatable bonds is 4. The van der Waals surface area contributed by atoms with Gasteiger partial charge >= 0.3 is 0 Å². The van der Waals surface area contributed by atoms with Crippen LogP contribution >= 0.6 is 0 Å². The summed E-state index contributed by atoms with van der Waals surface area (Å²) in [4.78, 5) is 24.3. The van der Waals surface area contributed by atoms with Gasteiger partial charge in [0, 0.05) is 42.3 Å². The van der Waals surface area contributed by atoms with Crippen LogP contribution in [0.4, 0.5) is 17.6 Å². The Morgan fingerprint density at radius 2 is 1.74 bits per heavy atom. The van der Waals surface area contributed by atoms with Crippen LogP contribution in [0.25, 0.3) is 22.5 Å². The lowest BCUT2D eigenvalue weighted by molar-refractivity contribution is -0.0384. The summed E-state index contributed by atoms with van der Waals surface area (Å²) in [7, 11) is 0. The summed E-state index contributed by atoms with van der Waals surface area (Å²) in [6, 6.07) is 6.27. The molecule has 4 rings (SSSR count). The number of halogens is 4. The lowest BCUT2D eigenvalue weighted by Crippen LogP contribution is -2.24. The van der Waals surface area contributed by atoms with Crippen molar-refractivity contribution in [2.24, 2.45) is 5.73 Å². The summed E-state index contributed by atoms with van der Waals surface area (Å²) in [6.45, 7) is 0. The Balaban J connectivity index is 1.99. The van der Waals surface area contributed by atoms with Gasteiger partial charge in [-0.3, -0.25) is 14.8 Å². The fourth-order valence-corrected chi connectivity index (χ4v) is 3.96. The summed E-state index contributed by atoms with van der Waals surface area (Å²) in [6.07, 6.45) is 2.39. The van der Waals surface area contributed by atoms with Crippen LogP contribution in [0.2, 0.25) is 0 Å². The van der Waals surface area contributed by atoms with Crippen molar-refractivity contribution < 1.29 is 22.4 Å². The molecule has 3 aromatic rings. The zero-order valence-electron chi connectivity index (χ0n) is 16.3. The second-order valence-electron chi connectivity index (χ2n) is 7.48. The Morgan fingerprint density at radius 1 is 1.00 bits per heavy atom. The van der Waals surface area contributed by atoms with Gasteiger partial charge < -0.3 is 5.73 Å². The van der Waals surface area contributed by atoms with Crippen molar-refractivity contribution in [2.75, 3.05) is 0 Å². The largest absolute Gasteiger partial charge is 0.366 e. The first-order chi connectivity index (χ1) is 14.8. The Labute approximate surface area is 175 Å². The number of nitrogens with zero attached hydrogens (tertiary/aromatic N) is 3. The number of hydrogen-bond donors (Lipinski definition) is 1. The molecule has 0 bridgehead atoms. The van der Waals surface area contributed by atoms with E-state index in [4.69, 9.17) is 5.73 Å². The molecular formula is C22H18F4N4O. The second kappa shape index (κ2) is 8.05. The van der Waals surface area contributed by atoms with Crippen molar-refractivity contribution in [3.8, 4) is 22.5 Å². The highest BCUT2D eigenvalue weighted by Gasteiger charge is 2.37. The van der Waals surface area contributed by atoms with E-state index in [1.165, 1.54) is 36.7 Å². The summed E-state index contributed by atoms with van der Waals surface area (Å²) >= 11 is 0. The van der Waals surface area contributed by atoms with Gasteiger partial charge in [-0.05, 0) is 43.2 Å². The number of carbonyl (C=O) groups excluding carboxylic acids is 1. The predicted molar refractivity (Wildman–Crippen MR) is 105 cm³/mol. The Hall–Kier alpha value is -3.36. The average Bonchev–Trinajstić information content (AvgIpc) is 2.73. The molecule has 0 aliphatic heterocycles. The monoisotopic (exact) mass is 430 g/mol. The van der Waals surface area contributed by atoms with E-state index in [0.29, 0.717) is 5.69 Å². The van der Waals surface area contributed by atoms with E-state index in [0.717, 1.165) is 6.07 Å². The molecule has 0 spiro atoms. The minimum atomic E-state index is -2.77. The molecule has 5 nitrogen and oxygen atoms in total. The summed E-state index contributed by atoms with van der Waals surface area (Å²) in [5.74, 6) is -5.56. The van der Waals surface area contributed by atoms with E-state index in [1.807, 2.05) is 0 Å². The molecule has 160 valence electrons. The molecule has 9 heteroatoms. The average molecular weight is 430 g/mol. The zero-order chi connectivity index (χ0) is 22.2. The Kier molecular flexibility index (Phi) is 5.43. The normalized spacial score (nSPS) is 16.3. The maximum Gasteiger partial charge on any atom is 0.250 e. The highest BCUT2D eigenvalue weighted by atomic mass is 19.3. The van der Waals surface area contributed by atoms with Crippen molar-refractivity contribution in [3.05, 3.63) is 65.7 Å². The van der Waals surface area contributed by atoms with E-state index in [2.05, 4.69) is 15.0 Å². The Morgan fingerprint density at radius 3 is 2.42 bits per heavy atom. The topological polar surface area (TPSA) is 81.8 Å². The van der Waals surface area contributed by atoms with Gasteiger partial charge in [0.1, 0.15) is 11.5 Å². The zero-order valence-corrected chi connectivity index (χ0v) is 16.3. The molecule has 0 unspecified atom stereocenters. The Bertz CT molecular complexity index is 1140. The first-order valence-electron chi connectivity index (χ1n) is 9.71. The molecule has 0 radical (unpaired) electrons. The lowest BCUT2D eigenvalue weighted by Gasteiger charge is -2.29. The van der Waals surface area contributed by atoms with Gasteiger partial charge in [0.15, 0.2) is 0 Å². The van der Waals surface area contributed by atoms with Crippen molar-refractivity contribution >= 4 is 5.91 Å². The van der Waals surface area contributed by atoms with Crippen LogP contribution in [-0.4, -0.2) is 26.8 Å². The molecule has 1 saturated carbocycles. The van der Waals surface area contributed by atoms with Gasteiger partial charge in [-0.25, -0.2) is 18.2 Å². The summed E-state index contributed by atoms with van der Waals surface area (Å²) < 4.78 is 56.2. The van der Waals surface area contributed by atoms with Crippen molar-refractivity contribution in [3.63, 3.8) is 0 Å². The van der Waals surface area contributed by atoms with E-state index in [9.17, 15) is 22.4 Å². The van der Waals surface area contributed by atoms with Gasteiger partial charge in [-0.1, -0.05) is 0 Å². The molecule has 3 heterocycles. The SMILES string of the molecule is NC(=O)c1ccc(F)nc1-c1c(-c2ncccc2F)ccnc1C1CCC(F)(F)CC1. The minimum absolute atomic E-state index is 0.0521. The summed E-state index contributed by atoms with van der Waals surface area (Å²) in [5.41, 5.74) is 5.94. The molecule has 1 amide bonds. The minimum Gasteiger partial charge on any atom is -0.366 e. The highest BCUT2D eigenvalue weighted by Crippen LogP contribution is 2.45. The second-order valence-corrected chi connectivity index (χ2v) is 7.48. The van der Waals surface area contributed by atoms with Crippen LogP contribution in [0.5, 0.6) is 0 Å². The fourth-order valence-electron chi connectivity index (χ4n) is 3.96. The summed E-state index contributed by atoms with van der Waals surface area (Å²) in [5, 5.41) is 0. The van der Waals surface area contributed by atoms with E-state index in [-0.39, 0.29) is 53.8 Å². The van der Waals surface area contributed by atoms with E-state index < -0.39 is 29.5 Å². The van der Waals surface area contributed by atoms with Crippen LogP contribution in [0.3, 0.4) is 0 Å². The lowest BCUT2D eigenvalue weighted by atomic mass is 9.81. The number of alkyl halides is 2. The van der Waals surface area contributed by atoms with Gasteiger partial charge in [-0.2, -0.15) is 4.39 Å². The third-order valence-electron chi connectivity index (χ3n) is 5.46. The highest BCUT2D eigenvalue weighted by molar-refractivity contribution is 6.01. The van der Waals surface area contributed by atoms with Crippen molar-refractivity contribution in [2.45, 2.75) is 37.5 Å². The van der Waals surface area contributed by atoms with Crippen LogP contribution < -0.4 is 5.73 Å². The molecule has 2 N–H and O–H groups in total. The number of hydrogen-bond acceptors (Lipinski definition) is 4. The molecular weight excluding hydrogens is 412 g/mol. The quantitative estimate of drug-likeness (QED) is 0.473. The number of aromatic nitrogens is 3. The van der Waals surface area contributed by atoms with Crippen LogP contribution in [-0.2, 0) is 0 Å². The maximum absolute atomic E-state index is 14.6. The third kappa shape index (κ3) is 4.12. The maximum atomic E-state index is 14.6. The molecule has 0 saturated heterocycles. The smallest absolute Gasteiger partial charge is 0.250 e. The molecule has 1 aliphatic rings. The molecule has 31 heavy (non-hydrogen) atoms. The van der Waals surface area contributed by atoms with Crippen LogP contribution in [0.1, 0.15) is 47.7 Å². The molecule has 1 aliphatic carbocycles. The first kappa shape index (κ1) is 20.9. The number of carbonyl (C=O) groups is 1. The van der Waals surface area contributed by atoms with Crippen molar-refractivity contribution in [1.29, 1.82) is 0 Å². The molecule has 3 aromatic heterocycles. The van der Waals surface area contributed by atoms with Gasteiger partial charge in [0.25, 0.3) is 5.91 Å². The van der Waals surface area contributed by atoms with Gasteiger partial charge in [0.05, 0.1) is 17.0 Å². The molecule has 0 atom stereocenters. The molecule has 0 aromatic carbocycles. The molecule has 1 fully saturated rings. The van der Waals surface area contributed by atoms with Crippen LogP contribution in [0.15, 0.2) is 42.7 Å².